The van der Waals surface area contributed by atoms with Crippen LogP contribution < -0.4 is 5.32 Å². The molecule has 6 nitrogen and oxygen atoms in total. The maximum atomic E-state index is 12.4. The van der Waals surface area contributed by atoms with Gasteiger partial charge in [-0.3, -0.25) is 4.79 Å². The molecule has 1 amide bonds. The van der Waals surface area contributed by atoms with Crippen molar-refractivity contribution >= 4 is 5.91 Å². The fourth-order valence-corrected chi connectivity index (χ4v) is 4.55. The molecule has 0 unspecified atom stereocenters. The summed E-state index contributed by atoms with van der Waals surface area (Å²) in [6.45, 7) is 2.17. The molecule has 2 aliphatic carbocycles. The lowest BCUT2D eigenvalue weighted by Crippen LogP contribution is -2.40. The van der Waals surface area contributed by atoms with Gasteiger partial charge in [0, 0.05) is 6.04 Å². The van der Waals surface area contributed by atoms with Crippen molar-refractivity contribution in [2.45, 2.75) is 45.1 Å². The number of rotatable bonds is 5. The Balaban J connectivity index is 1.32. The number of aromatic nitrogens is 4. The number of hydrogen-bond acceptors (Lipinski definition) is 4. The second kappa shape index (κ2) is 6.34. The van der Waals surface area contributed by atoms with Crippen LogP contribution in [0, 0.1) is 17.8 Å². The van der Waals surface area contributed by atoms with E-state index >= 15 is 0 Å². The zero-order valence-corrected chi connectivity index (χ0v) is 13.9. The van der Waals surface area contributed by atoms with E-state index in [4.69, 9.17) is 0 Å². The van der Waals surface area contributed by atoms with E-state index in [-0.39, 0.29) is 11.9 Å². The summed E-state index contributed by atoms with van der Waals surface area (Å²) in [5.74, 6) is 2.54. The third kappa shape index (κ3) is 3.05. The topological polar surface area (TPSA) is 72.7 Å². The molecular weight excluding hydrogens is 302 g/mol. The first-order valence-electron chi connectivity index (χ1n) is 8.80. The van der Waals surface area contributed by atoms with Gasteiger partial charge >= 0.3 is 0 Å². The number of tetrazole rings is 1. The van der Waals surface area contributed by atoms with E-state index in [2.05, 4.69) is 27.8 Å². The van der Waals surface area contributed by atoms with Gasteiger partial charge in [0.05, 0.1) is 12.1 Å². The van der Waals surface area contributed by atoms with Crippen molar-refractivity contribution in [2.24, 2.45) is 17.8 Å². The quantitative estimate of drug-likeness (QED) is 0.914. The van der Waals surface area contributed by atoms with E-state index in [0.717, 1.165) is 23.1 Å². The summed E-state index contributed by atoms with van der Waals surface area (Å²) in [7, 11) is 0. The molecule has 2 aromatic rings. The highest BCUT2D eigenvalue weighted by Gasteiger charge is 2.42. The van der Waals surface area contributed by atoms with Gasteiger partial charge < -0.3 is 5.32 Å². The molecule has 4 atom stereocenters. The molecule has 2 fully saturated rings. The van der Waals surface area contributed by atoms with Crippen molar-refractivity contribution < 1.29 is 4.79 Å². The van der Waals surface area contributed by atoms with Crippen LogP contribution in [0.1, 0.15) is 38.2 Å². The SMILES string of the molecule is C[C@H](NC(=O)Cc1ccc(-n2cnnn2)cc1)[C@@H]1C[C@H]2CC[C@H]1C2. The fourth-order valence-electron chi connectivity index (χ4n) is 4.55. The van der Waals surface area contributed by atoms with Gasteiger partial charge in [-0.25, -0.2) is 4.68 Å². The maximum Gasteiger partial charge on any atom is 0.224 e. The summed E-state index contributed by atoms with van der Waals surface area (Å²) < 4.78 is 1.60. The summed E-state index contributed by atoms with van der Waals surface area (Å²) in [6.07, 6.45) is 7.40. The number of amides is 1. The molecule has 1 heterocycles. The zero-order chi connectivity index (χ0) is 16.5. The number of carbonyl (C=O) groups excluding carboxylic acids is 1. The number of hydrogen-bond donors (Lipinski definition) is 1. The summed E-state index contributed by atoms with van der Waals surface area (Å²) in [4.78, 5) is 12.4. The molecule has 1 aromatic carbocycles. The lowest BCUT2D eigenvalue weighted by Gasteiger charge is -2.28. The standard InChI is InChI=1S/C18H23N5O/c1-12(17-9-14-2-5-15(17)8-14)20-18(24)10-13-3-6-16(7-4-13)23-11-19-21-22-23/h3-4,6-7,11-12,14-15,17H,2,5,8-10H2,1H3,(H,20,24)/t12-,14-,15-,17-/m0/s1. The van der Waals surface area contributed by atoms with Gasteiger partial charge in [0.25, 0.3) is 0 Å². The third-order valence-corrected chi connectivity index (χ3v) is 5.74. The molecule has 2 saturated carbocycles. The second-order valence-corrected chi connectivity index (χ2v) is 7.29. The van der Waals surface area contributed by atoms with Crippen LogP contribution in [0.25, 0.3) is 5.69 Å². The summed E-state index contributed by atoms with van der Waals surface area (Å²) in [6, 6.07) is 8.06. The number of nitrogens with zero attached hydrogens (tertiary/aromatic N) is 4. The van der Waals surface area contributed by atoms with E-state index < -0.39 is 0 Å². The van der Waals surface area contributed by atoms with Crippen molar-refractivity contribution in [3.8, 4) is 5.69 Å². The van der Waals surface area contributed by atoms with Crippen molar-refractivity contribution in [3.05, 3.63) is 36.2 Å². The minimum Gasteiger partial charge on any atom is -0.353 e. The monoisotopic (exact) mass is 325 g/mol. The molecule has 126 valence electrons. The Morgan fingerprint density at radius 3 is 2.75 bits per heavy atom. The van der Waals surface area contributed by atoms with Crippen LogP contribution in [0.3, 0.4) is 0 Å². The van der Waals surface area contributed by atoms with Crippen LogP contribution in [0.5, 0.6) is 0 Å². The minimum absolute atomic E-state index is 0.112. The van der Waals surface area contributed by atoms with Crippen LogP contribution >= 0.6 is 0 Å². The maximum absolute atomic E-state index is 12.4. The Kier molecular flexibility index (Phi) is 4.04. The van der Waals surface area contributed by atoms with E-state index in [1.54, 1.807) is 11.0 Å². The average Bonchev–Trinajstić information content (AvgIpc) is 3.33. The molecule has 6 heteroatoms. The van der Waals surface area contributed by atoms with Gasteiger partial charge in [-0.1, -0.05) is 18.6 Å². The first-order chi connectivity index (χ1) is 11.7. The molecule has 4 rings (SSSR count). The van der Waals surface area contributed by atoms with Gasteiger partial charge in [-0.05, 0) is 72.1 Å². The highest BCUT2D eigenvalue weighted by molar-refractivity contribution is 5.78. The Morgan fingerprint density at radius 2 is 2.12 bits per heavy atom. The number of carbonyl (C=O) groups is 1. The van der Waals surface area contributed by atoms with Gasteiger partial charge in [-0.2, -0.15) is 0 Å². The van der Waals surface area contributed by atoms with Crippen LogP contribution in [0.4, 0.5) is 0 Å². The normalized spacial score (nSPS) is 26.5. The van der Waals surface area contributed by atoms with Crippen molar-refractivity contribution in [3.63, 3.8) is 0 Å². The predicted octanol–water partition coefficient (Wildman–Crippen LogP) is 2.15. The highest BCUT2D eigenvalue weighted by Crippen LogP contribution is 2.49. The Hall–Kier alpha value is -2.24. The molecule has 0 aliphatic heterocycles. The molecule has 1 aromatic heterocycles. The van der Waals surface area contributed by atoms with Gasteiger partial charge in [-0.15, -0.1) is 5.10 Å². The molecular formula is C18H23N5O. The zero-order valence-electron chi connectivity index (χ0n) is 13.9. The van der Waals surface area contributed by atoms with Gasteiger partial charge in [0.1, 0.15) is 6.33 Å². The summed E-state index contributed by atoms with van der Waals surface area (Å²) >= 11 is 0. The predicted molar refractivity (Wildman–Crippen MR) is 89.4 cm³/mol. The van der Waals surface area contributed by atoms with E-state index in [9.17, 15) is 4.79 Å². The van der Waals surface area contributed by atoms with E-state index in [1.807, 2.05) is 24.3 Å². The molecule has 2 aliphatic rings. The van der Waals surface area contributed by atoms with Gasteiger partial charge in [0.15, 0.2) is 0 Å². The second-order valence-electron chi connectivity index (χ2n) is 7.29. The Labute approximate surface area is 141 Å². The first kappa shape index (κ1) is 15.3. The minimum atomic E-state index is 0.112. The average molecular weight is 325 g/mol. The lowest BCUT2D eigenvalue weighted by atomic mass is 9.84. The summed E-state index contributed by atoms with van der Waals surface area (Å²) in [5.41, 5.74) is 1.89. The number of fused-ring (bicyclic) bond motifs is 2. The molecule has 0 spiro atoms. The lowest BCUT2D eigenvalue weighted by molar-refractivity contribution is -0.121. The number of nitrogens with one attached hydrogen (secondary N) is 1. The molecule has 2 bridgehead atoms. The summed E-state index contributed by atoms with van der Waals surface area (Å²) in [5, 5.41) is 14.3. The fraction of sp³-hybridized carbons (Fsp3) is 0.556. The smallest absolute Gasteiger partial charge is 0.224 e. The van der Waals surface area contributed by atoms with E-state index in [1.165, 1.54) is 25.7 Å². The first-order valence-corrected chi connectivity index (χ1v) is 8.80. The van der Waals surface area contributed by atoms with Crippen molar-refractivity contribution in [1.29, 1.82) is 0 Å². The third-order valence-electron chi connectivity index (χ3n) is 5.74. The largest absolute Gasteiger partial charge is 0.353 e. The van der Waals surface area contributed by atoms with E-state index in [0.29, 0.717) is 12.3 Å². The van der Waals surface area contributed by atoms with Crippen LogP contribution in [0.2, 0.25) is 0 Å². The Bertz CT molecular complexity index is 697. The van der Waals surface area contributed by atoms with Gasteiger partial charge in [0.2, 0.25) is 5.91 Å². The van der Waals surface area contributed by atoms with Crippen LogP contribution in [-0.4, -0.2) is 32.2 Å². The van der Waals surface area contributed by atoms with Crippen LogP contribution in [0.15, 0.2) is 30.6 Å². The molecule has 0 radical (unpaired) electrons. The highest BCUT2D eigenvalue weighted by atomic mass is 16.1. The molecule has 24 heavy (non-hydrogen) atoms. The molecule has 1 N–H and O–H groups in total. The van der Waals surface area contributed by atoms with Crippen molar-refractivity contribution in [2.75, 3.05) is 0 Å². The van der Waals surface area contributed by atoms with Crippen molar-refractivity contribution in [1.82, 2.24) is 25.5 Å². The van der Waals surface area contributed by atoms with Crippen LogP contribution in [-0.2, 0) is 11.2 Å². The number of benzene rings is 1. The Morgan fingerprint density at radius 1 is 1.29 bits per heavy atom. The molecule has 0 saturated heterocycles.